The van der Waals surface area contributed by atoms with Crippen molar-refractivity contribution < 1.29 is 18.5 Å². The normalized spacial score (nSPS) is 14.3. The molecule has 1 aliphatic carbocycles. The van der Waals surface area contributed by atoms with Gasteiger partial charge >= 0.3 is 0 Å². The summed E-state index contributed by atoms with van der Waals surface area (Å²) in [5.74, 6) is 1.11. The Balaban J connectivity index is 1.71. The number of aromatic nitrogens is 1. The van der Waals surface area contributed by atoms with E-state index >= 15 is 0 Å². The first kappa shape index (κ1) is 13.9. The van der Waals surface area contributed by atoms with Gasteiger partial charge in [-0.25, -0.2) is 0 Å². The number of nitrogens with zero attached hydrogens (tertiary/aromatic N) is 2. The number of hydrogen-bond acceptors (Lipinski definition) is 5. The van der Waals surface area contributed by atoms with Crippen LogP contribution < -0.4 is 0 Å². The van der Waals surface area contributed by atoms with Gasteiger partial charge in [-0.15, -0.1) is 0 Å². The van der Waals surface area contributed by atoms with Crippen LogP contribution >= 0.6 is 0 Å². The largest absolute Gasteiger partial charge is 0.472 e. The van der Waals surface area contributed by atoms with Gasteiger partial charge in [0.2, 0.25) is 0 Å². The highest BCUT2D eigenvalue weighted by atomic mass is 16.5. The first-order chi connectivity index (χ1) is 10.3. The van der Waals surface area contributed by atoms with Gasteiger partial charge in [0.1, 0.15) is 5.76 Å². The molecule has 0 spiro atoms. The number of furan rings is 1. The SMILES string of the molecule is COCCN(Cc1ccoc1)C(=O)c1cc(C2CC2)on1. The topological polar surface area (TPSA) is 68.7 Å². The molecular weight excluding hydrogens is 272 g/mol. The molecule has 1 amide bonds. The predicted molar refractivity (Wildman–Crippen MR) is 73.8 cm³/mol. The lowest BCUT2D eigenvalue weighted by Crippen LogP contribution is -2.33. The fourth-order valence-corrected chi connectivity index (χ4v) is 2.17. The van der Waals surface area contributed by atoms with E-state index < -0.39 is 0 Å². The number of hydrogen-bond donors (Lipinski definition) is 0. The number of carbonyl (C=O) groups excluding carboxylic acids is 1. The average Bonchev–Trinajstić information content (AvgIpc) is 3.03. The molecule has 21 heavy (non-hydrogen) atoms. The van der Waals surface area contributed by atoms with E-state index in [1.165, 1.54) is 0 Å². The lowest BCUT2D eigenvalue weighted by Gasteiger charge is -2.20. The van der Waals surface area contributed by atoms with Crippen molar-refractivity contribution in [2.45, 2.75) is 25.3 Å². The van der Waals surface area contributed by atoms with Crippen LogP contribution in [0.3, 0.4) is 0 Å². The van der Waals surface area contributed by atoms with Gasteiger partial charge in [0.25, 0.3) is 5.91 Å². The second kappa shape index (κ2) is 6.13. The summed E-state index contributed by atoms with van der Waals surface area (Å²) in [5, 5.41) is 3.91. The molecule has 2 aromatic rings. The van der Waals surface area contributed by atoms with Gasteiger partial charge in [-0.3, -0.25) is 4.79 Å². The summed E-state index contributed by atoms with van der Waals surface area (Å²) >= 11 is 0. The first-order valence-corrected chi connectivity index (χ1v) is 7.04. The minimum atomic E-state index is -0.149. The van der Waals surface area contributed by atoms with E-state index in [0.29, 0.717) is 31.3 Å². The third-order valence-electron chi connectivity index (χ3n) is 3.53. The highest BCUT2D eigenvalue weighted by molar-refractivity contribution is 5.92. The summed E-state index contributed by atoms with van der Waals surface area (Å²) in [6, 6.07) is 3.60. The van der Waals surface area contributed by atoms with Gasteiger partial charge in [0.05, 0.1) is 19.1 Å². The highest BCUT2D eigenvalue weighted by Gasteiger charge is 2.29. The lowest BCUT2D eigenvalue weighted by molar-refractivity contribution is 0.0670. The van der Waals surface area contributed by atoms with Crippen molar-refractivity contribution >= 4 is 5.91 Å². The van der Waals surface area contributed by atoms with Crippen LogP contribution in [0.4, 0.5) is 0 Å². The van der Waals surface area contributed by atoms with E-state index in [0.717, 1.165) is 24.2 Å². The van der Waals surface area contributed by atoms with Crippen molar-refractivity contribution in [3.63, 3.8) is 0 Å². The number of carbonyl (C=O) groups is 1. The average molecular weight is 290 g/mol. The number of rotatable bonds is 7. The van der Waals surface area contributed by atoms with Crippen LogP contribution in [-0.2, 0) is 11.3 Å². The molecule has 112 valence electrons. The van der Waals surface area contributed by atoms with Crippen LogP contribution in [0.2, 0.25) is 0 Å². The summed E-state index contributed by atoms with van der Waals surface area (Å²) < 4.78 is 15.4. The van der Waals surface area contributed by atoms with Crippen molar-refractivity contribution in [1.82, 2.24) is 10.1 Å². The summed E-state index contributed by atoms with van der Waals surface area (Å²) in [7, 11) is 1.61. The Hall–Kier alpha value is -2.08. The smallest absolute Gasteiger partial charge is 0.276 e. The molecule has 1 aliphatic rings. The van der Waals surface area contributed by atoms with E-state index in [2.05, 4.69) is 5.16 Å². The Morgan fingerprint density at radius 1 is 1.52 bits per heavy atom. The zero-order chi connectivity index (χ0) is 14.7. The molecule has 3 rings (SSSR count). The minimum absolute atomic E-state index is 0.149. The van der Waals surface area contributed by atoms with Gasteiger partial charge in [-0.1, -0.05) is 5.16 Å². The Morgan fingerprint density at radius 3 is 3.05 bits per heavy atom. The fourth-order valence-electron chi connectivity index (χ4n) is 2.17. The van der Waals surface area contributed by atoms with Crippen LogP contribution in [0.1, 0.15) is 40.6 Å². The van der Waals surface area contributed by atoms with Gasteiger partial charge in [-0.2, -0.15) is 0 Å². The molecule has 6 heteroatoms. The fraction of sp³-hybridized carbons (Fsp3) is 0.467. The Kier molecular flexibility index (Phi) is 4.06. The van der Waals surface area contributed by atoms with Gasteiger partial charge in [0.15, 0.2) is 5.69 Å². The van der Waals surface area contributed by atoms with E-state index in [1.54, 1.807) is 30.6 Å². The summed E-state index contributed by atoms with van der Waals surface area (Å²) in [4.78, 5) is 14.2. The van der Waals surface area contributed by atoms with Crippen molar-refractivity contribution in [2.24, 2.45) is 0 Å². The molecule has 0 unspecified atom stereocenters. The van der Waals surface area contributed by atoms with Crippen molar-refractivity contribution in [1.29, 1.82) is 0 Å². The molecule has 2 heterocycles. The summed E-state index contributed by atoms with van der Waals surface area (Å²) in [6.07, 6.45) is 5.46. The molecule has 0 atom stereocenters. The lowest BCUT2D eigenvalue weighted by atomic mass is 10.2. The van der Waals surface area contributed by atoms with E-state index in [-0.39, 0.29) is 5.91 Å². The molecule has 2 aromatic heterocycles. The zero-order valence-electron chi connectivity index (χ0n) is 11.9. The molecular formula is C15H18N2O4. The maximum Gasteiger partial charge on any atom is 0.276 e. The molecule has 0 aliphatic heterocycles. The zero-order valence-corrected chi connectivity index (χ0v) is 11.9. The van der Waals surface area contributed by atoms with Gasteiger partial charge in [0, 0.05) is 37.7 Å². The van der Waals surface area contributed by atoms with Crippen molar-refractivity contribution in [3.8, 4) is 0 Å². The molecule has 0 aromatic carbocycles. The van der Waals surface area contributed by atoms with Crippen molar-refractivity contribution in [3.05, 3.63) is 41.7 Å². The minimum Gasteiger partial charge on any atom is -0.472 e. The standard InChI is InChI=1S/C15H18N2O4/c1-19-7-5-17(9-11-4-6-20-10-11)15(18)13-8-14(21-16-13)12-2-3-12/h4,6,8,10,12H,2-3,5,7,9H2,1H3. The molecule has 6 nitrogen and oxygen atoms in total. The first-order valence-electron chi connectivity index (χ1n) is 7.04. The quantitative estimate of drug-likeness (QED) is 0.783. The molecule has 1 fully saturated rings. The van der Waals surface area contributed by atoms with Crippen molar-refractivity contribution in [2.75, 3.05) is 20.3 Å². The third-order valence-corrected chi connectivity index (χ3v) is 3.53. The van der Waals surface area contributed by atoms with Crippen LogP contribution in [0.15, 0.2) is 33.6 Å². The molecule has 0 bridgehead atoms. The van der Waals surface area contributed by atoms with Gasteiger partial charge in [-0.05, 0) is 18.9 Å². The van der Waals surface area contributed by atoms with Crippen LogP contribution in [0.25, 0.3) is 0 Å². The second-order valence-electron chi connectivity index (χ2n) is 5.24. The van der Waals surface area contributed by atoms with Gasteiger partial charge < -0.3 is 18.6 Å². The monoisotopic (exact) mass is 290 g/mol. The third kappa shape index (κ3) is 3.33. The van der Waals surface area contributed by atoms with Crippen LogP contribution in [0.5, 0.6) is 0 Å². The Bertz CT molecular complexity index is 587. The van der Waals surface area contributed by atoms with E-state index in [1.807, 2.05) is 6.07 Å². The molecule has 0 N–H and O–H groups in total. The van der Waals surface area contributed by atoms with Crippen LogP contribution in [0, 0.1) is 0 Å². The molecule has 1 saturated carbocycles. The molecule has 0 saturated heterocycles. The van der Waals surface area contributed by atoms with Crippen LogP contribution in [-0.4, -0.2) is 36.2 Å². The number of amides is 1. The van der Waals surface area contributed by atoms with E-state index in [9.17, 15) is 4.79 Å². The Labute approximate surface area is 122 Å². The Morgan fingerprint density at radius 2 is 2.38 bits per heavy atom. The maximum atomic E-state index is 12.6. The maximum absolute atomic E-state index is 12.6. The summed E-state index contributed by atoms with van der Waals surface area (Å²) in [6.45, 7) is 1.42. The van der Waals surface area contributed by atoms with E-state index in [4.69, 9.17) is 13.7 Å². The number of ether oxygens (including phenoxy) is 1. The summed E-state index contributed by atoms with van der Waals surface area (Å²) in [5.41, 5.74) is 1.29. The number of methoxy groups -OCH3 is 1. The molecule has 0 radical (unpaired) electrons. The second-order valence-corrected chi connectivity index (χ2v) is 5.24. The predicted octanol–water partition coefficient (Wildman–Crippen LogP) is 2.43. The highest BCUT2D eigenvalue weighted by Crippen LogP contribution is 2.40.